The molecule has 0 saturated heterocycles. The summed E-state index contributed by atoms with van der Waals surface area (Å²) < 4.78 is 5.34. The lowest BCUT2D eigenvalue weighted by Crippen LogP contribution is -2.18. The molecule has 37 heavy (non-hydrogen) atoms. The van der Waals surface area contributed by atoms with Gasteiger partial charge in [0.25, 0.3) is 0 Å². The SMILES string of the molecule is [C-]#[N+]c1c(NC(=O)OCCc2ccccc2Cl)ncc2c1-c1ccccc1C(c1ccc(Cl)c(Cl)c1)C2. The number of rotatable bonds is 5. The summed E-state index contributed by atoms with van der Waals surface area (Å²) in [5.41, 5.74) is 5.86. The van der Waals surface area contributed by atoms with Gasteiger partial charge in [-0.05, 0) is 58.0 Å². The van der Waals surface area contributed by atoms with Crippen LogP contribution in [-0.2, 0) is 17.6 Å². The summed E-state index contributed by atoms with van der Waals surface area (Å²) in [7, 11) is 0. The van der Waals surface area contributed by atoms with Gasteiger partial charge in [-0.3, -0.25) is 10.3 Å². The molecule has 0 saturated carbocycles. The zero-order chi connectivity index (χ0) is 25.9. The maximum Gasteiger partial charge on any atom is 0.411 e. The molecular weight excluding hydrogens is 529 g/mol. The number of halogens is 3. The van der Waals surface area contributed by atoms with E-state index >= 15 is 0 Å². The molecule has 0 aliphatic heterocycles. The van der Waals surface area contributed by atoms with Crippen LogP contribution in [0.2, 0.25) is 15.1 Å². The Bertz CT molecular complexity index is 1550. The number of fused-ring (bicyclic) bond motifs is 3. The van der Waals surface area contributed by atoms with Crippen molar-refractivity contribution in [3.05, 3.63) is 122 Å². The molecule has 1 heterocycles. The minimum atomic E-state index is -0.679. The van der Waals surface area contributed by atoms with Gasteiger partial charge in [0, 0.05) is 23.6 Å². The number of benzene rings is 3. The van der Waals surface area contributed by atoms with Gasteiger partial charge in [0.2, 0.25) is 5.69 Å². The highest BCUT2D eigenvalue weighted by atomic mass is 35.5. The fraction of sp³-hybridized carbons (Fsp3) is 0.138. The number of ether oxygens (including phenoxy) is 1. The van der Waals surface area contributed by atoms with E-state index < -0.39 is 6.09 Å². The summed E-state index contributed by atoms with van der Waals surface area (Å²) in [5.74, 6) is 0.187. The normalized spacial score (nSPS) is 13.7. The van der Waals surface area contributed by atoms with Crippen LogP contribution in [0.3, 0.4) is 0 Å². The third-order valence-electron chi connectivity index (χ3n) is 6.40. The van der Waals surface area contributed by atoms with Crippen molar-refractivity contribution in [2.45, 2.75) is 18.8 Å². The Kier molecular flexibility index (Phi) is 7.34. The Labute approximate surface area is 229 Å². The monoisotopic (exact) mass is 547 g/mol. The van der Waals surface area contributed by atoms with Gasteiger partial charge in [0.05, 0.1) is 23.2 Å². The molecule has 3 aromatic carbocycles. The number of nitrogens with zero attached hydrogens (tertiary/aromatic N) is 2. The van der Waals surface area contributed by atoms with Crippen LogP contribution < -0.4 is 5.32 Å². The van der Waals surface area contributed by atoms with Crippen LogP contribution in [0.4, 0.5) is 16.3 Å². The molecule has 1 aromatic heterocycles. The third-order valence-corrected chi connectivity index (χ3v) is 7.51. The summed E-state index contributed by atoms with van der Waals surface area (Å²) >= 11 is 18.6. The highest BCUT2D eigenvalue weighted by Gasteiger charge is 2.30. The first kappa shape index (κ1) is 25.1. The highest BCUT2D eigenvalue weighted by Crippen LogP contribution is 2.48. The maximum atomic E-state index is 12.5. The summed E-state index contributed by atoms with van der Waals surface area (Å²) in [6.07, 6.45) is 2.14. The average Bonchev–Trinajstić information content (AvgIpc) is 2.91. The lowest BCUT2D eigenvalue weighted by molar-refractivity contribution is 0.163. The zero-order valence-electron chi connectivity index (χ0n) is 19.5. The molecule has 5 rings (SSSR count). The van der Waals surface area contributed by atoms with Crippen molar-refractivity contribution >= 4 is 52.4 Å². The van der Waals surface area contributed by atoms with Crippen LogP contribution in [0.15, 0.2) is 72.9 Å². The molecule has 1 aliphatic rings. The minimum Gasteiger partial charge on any atom is -0.449 e. The predicted octanol–water partition coefficient (Wildman–Crippen LogP) is 8.74. The van der Waals surface area contributed by atoms with E-state index in [0.29, 0.717) is 27.9 Å². The minimum absolute atomic E-state index is 0.0208. The van der Waals surface area contributed by atoms with Gasteiger partial charge >= 0.3 is 6.09 Å². The van der Waals surface area contributed by atoms with E-state index in [-0.39, 0.29) is 24.0 Å². The second-order valence-corrected chi connectivity index (χ2v) is 9.81. The van der Waals surface area contributed by atoms with Crippen molar-refractivity contribution in [3.8, 4) is 11.1 Å². The number of anilines is 1. The molecule has 1 amide bonds. The molecular formula is C29H20Cl3N3O2. The second-order valence-electron chi connectivity index (χ2n) is 8.59. The van der Waals surface area contributed by atoms with E-state index in [1.54, 1.807) is 18.3 Å². The van der Waals surface area contributed by atoms with Gasteiger partial charge in [-0.2, -0.15) is 0 Å². The van der Waals surface area contributed by atoms with Crippen LogP contribution >= 0.6 is 34.8 Å². The van der Waals surface area contributed by atoms with Gasteiger partial charge in [0.15, 0.2) is 0 Å². The number of pyridine rings is 1. The Morgan fingerprint density at radius 1 is 1.03 bits per heavy atom. The number of amides is 1. The Hall–Kier alpha value is -3.56. The number of nitrogens with one attached hydrogen (secondary N) is 1. The van der Waals surface area contributed by atoms with Crippen molar-refractivity contribution in [1.82, 2.24) is 4.98 Å². The van der Waals surface area contributed by atoms with Crippen molar-refractivity contribution in [2.75, 3.05) is 11.9 Å². The van der Waals surface area contributed by atoms with Gasteiger partial charge < -0.3 is 4.74 Å². The van der Waals surface area contributed by atoms with Gasteiger partial charge in [-0.15, -0.1) is 0 Å². The van der Waals surface area contributed by atoms with E-state index in [2.05, 4.69) is 21.2 Å². The molecule has 0 spiro atoms. The Morgan fingerprint density at radius 3 is 2.59 bits per heavy atom. The first-order chi connectivity index (χ1) is 18.0. The van der Waals surface area contributed by atoms with Crippen molar-refractivity contribution in [2.24, 2.45) is 0 Å². The first-order valence-electron chi connectivity index (χ1n) is 11.6. The summed E-state index contributed by atoms with van der Waals surface area (Å²) in [6, 6.07) is 21.0. The van der Waals surface area contributed by atoms with E-state index in [4.69, 9.17) is 46.1 Å². The van der Waals surface area contributed by atoms with Gasteiger partial charge in [-0.25, -0.2) is 9.64 Å². The standard InChI is InChI=1S/C29H20Cl3N3O2/c1-33-27-26-19(16-34-28(27)35-29(36)37-13-12-17-6-2-5-9-23(17)30)14-22(20-7-3-4-8-21(20)26)18-10-11-24(31)25(32)15-18/h2-11,15-16,22H,12-14H2,(H,34,35,36). The summed E-state index contributed by atoms with van der Waals surface area (Å²) in [4.78, 5) is 20.7. The van der Waals surface area contributed by atoms with E-state index in [0.717, 1.165) is 33.4 Å². The molecule has 1 aliphatic carbocycles. The maximum absolute atomic E-state index is 12.5. The zero-order valence-corrected chi connectivity index (χ0v) is 21.7. The van der Waals surface area contributed by atoms with Gasteiger partial charge in [0.1, 0.15) is 5.82 Å². The molecule has 0 radical (unpaired) electrons. The third kappa shape index (κ3) is 5.14. The van der Waals surface area contributed by atoms with E-state index in [9.17, 15) is 4.79 Å². The summed E-state index contributed by atoms with van der Waals surface area (Å²) in [6.45, 7) is 8.04. The van der Waals surface area contributed by atoms with Crippen LogP contribution in [0, 0.1) is 6.57 Å². The smallest absolute Gasteiger partial charge is 0.411 e. The first-order valence-corrected chi connectivity index (χ1v) is 12.7. The molecule has 0 fully saturated rings. The predicted molar refractivity (Wildman–Crippen MR) is 148 cm³/mol. The quantitative estimate of drug-likeness (QED) is 0.254. The number of aromatic nitrogens is 1. The van der Waals surface area contributed by atoms with Gasteiger partial charge in [-0.1, -0.05) is 83.3 Å². The molecule has 1 N–H and O–H groups in total. The topological polar surface area (TPSA) is 55.6 Å². The fourth-order valence-corrected chi connectivity index (χ4v) is 5.20. The lowest BCUT2D eigenvalue weighted by atomic mass is 9.76. The number of hydrogen-bond acceptors (Lipinski definition) is 3. The van der Waals surface area contributed by atoms with Crippen molar-refractivity contribution in [1.29, 1.82) is 0 Å². The number of carbonyl (C=O) groups is 1. The molecule has 1 atom stereocenters. The average molecular weight is 549 g/mol. The highest BCUT2D eigenvalue weighted by molar-refractivity contribution is 6.42. The Balaban J connectivity index is 1.41. The van der Waals surface area contributed by atoms with Crippen LogP contribution in [0.25, 0.3) is 16.0 Å². The molecule has 4 aromatic rings. The molecule has 8 heteroatoms. The summed E-state index contributed by atoms with van der Waals surface area (Å²) in [5, 5.41) is 4.27. The lowest BCUT2D eigenvalue weighted by Gasteiger charge is -2.29. The van der Waals surface area contributed by atoms with Crippen LogP contribution in [0.5, 0.6) is 0 Å². The largest absolute Gasteiger partial charge is 0.449 e. The Morgan fingerprint density at radius 2 is 1.81 bits per heavy atom. The number of hydrogen-bond donors (Lipinski definition) is 1. The molecule has 0 bridgehead atoms. The van der Waals surface area contributed by atoms with Crippen molar-refractivity contribution < 1.29 is 9.53 Å². The van der Waals surface area contributed by atoms with E-state index in [1.807, 2.05) is 48.5 Å². The second kappa shape index (κ2) is 10.8. The molecule has 184 valence electrons. The van der Waals surface area contributed by atoms with E-state index in [1.165, 1.54) is 0 Å². The molecule has 5 nitrogen and oxygen atoms in total. The van der Waals surface area contributed by atoms with Crippen LogP contribution in [-0.4, -0.2) is 17.7 Å². The van der Waals surface area contributed by atoms with Crippen LogP contribution in [0.1, 0.15) is 28.2 Å². The fourth-order valence-electron chi connectivity index (χ4n) is 4.67. The van der Waals surface area contributed by atoms with Crippen molar-refractivity contribution in [3.63, 3.8) is 0 Å². The number of carbonyl (C=O) groups excluding carboxylic acids is 1. The molecule has 1 unspecified atom stereocenters.